The summed E-state index contributed by atoms with van der Waals surface area (Å²) in [5, 5.41) is 0. The van der Waals surface area contributed by atoms with Gasteiger partial charge in [-0.15, -0.1) is 0 Å². The van der Waals surface area contributed by atoms with Gasteiger partial charge in [0.15, 0.2) is 5.76 Å². The molecule has 20 heavy (non-hydrogen) atoms. The Labute approximate surface area is 116 Å². The van der Waals surface area contributed by atoms with E-state index in [1.54, 1.807) is 19.2 Å². The molecule has 1 heterocycles. The topological polar surface area (TPSA) is 65.7 Å². The van der Waals surface area contributed by atoms with Crippen LogP contribution in [0.2, 0.25) is 0 Å². The van der Waals surface area contributed by atoms with Gasteiger partial charge in [0.2, 0.25) is 11.5 Å². The van der Waals surface area contributed by atoms with E-state index >= 15 is 0 Å². The second-order valence-electron chi connectivity index (χ2n) is 4.07. The van der Waals surface area contributed by atoms with Crippen LogP contribution in [0.4, 0.5) is 0 Å². The van der Waals surface area contributed by atoms with E-state index in [4.69, 9.17) is 9.15 Å². The Morgan fingerprint density at radius 1 is 1.05 bits per heavy atom. The fourth-order valence-corrected chi connectivity index (χ4v) is 1.81. The Morgan fingerprint density at radius 3 is 2.45 bits per heavy atom. The SMILES string of the molecule is COC(=O)c1ccc(C(=O)Cc2ccccc2OC)o1. The van der Waals surface area contributed by atoms with Crippen LogP contribution in [-0.4, -0.2) is 26.0 Å². The molecule has 0 aliphatic rings. The highest BCUT2D eigenvalue weighted by molar-refractivity contribution is 5.96. The molecule has 2 rings (SSSR count). The number of rotatable bonds is 5. The molecule has 5 nitrogen and oxygen atoms in total. The molecular formula is C15H14O5. The van der Waals surface area contributed by atoms with Gasteiger partial charge in [0.05, 0.1) is 14.2 Å². The molecule has 0 radical (unpaired) electrons. The number of Topliss-reactive ketones (excluding diaryl/α,β-unsaturated/α-hetero) is 1. The van der Waals surface area contributed by atoms with Crippen LogP contribution in [-0.2, 0) is 11.2 Å². The Hall–Kier alpha value is -2.56. The molecule has 0 aliphatic carbocycles. The third-order valence-corrected chi connectivity index (χ3v) is 2.81. The maximum absolute atomic E-state index is 12.1. The van der Waals surface area contributed by atoms with Gasteiger partial charge in [-0.1, -0.05) is 18.2 Å². The van der Waals surface area contributed by atoms with Gasteiger partial charge in [-0.25, -0.2) is 4.79 Å². The first kappa shape index (κ1) is 13.9. The number of carbonyl (C=O) groups excluding carboxylic acids is 2. The lowest BCUT2D eigenvalue weighted by atomic mass is 10.1. The van der Waals surface area contributed by atoms with Crippen molar-refractivity contribution >= 4 is 11.8 Å². The highest BCUT2D eigenvalue weighted by Gasteiger charge is 2.17. The predicted molar refractivity (Wildman–Crippen MR) is 71.1 cm³/mol. The van der Waals surface area contributed by atoms with Crippen LogP contribution in [0.3, 0.4) is 0 Å². The van der Waals surface area contributed by atoms with E-state index in [-0.39, 0.29) is 23.7 Å². The van der Waals surface area contributed by atoms with Crippen molar-refractivity contribution in [3.05, 3.63) is 53.5 Å². The zero-order valence-corrected chi connectivity index (χ0v) is 11.2. The van der Waals surface area contributed by atoms with Gasteiger partial charge in [-0.3, -0.25) is 4.79 Å². The van der Waals surface area contributed by atoms with Gasteiger partial charge in [0.1, 0.15) is 5.75 Å². The molecule has 0 amide bonds. The van der Waals surface area contributed by atoms with Crippen LogP contribution in [0.5, 0.6) is 5.75 Å². The van der Waals surface area contributed by atoms with Gasteiger partial charge in [0, 0.05) is 12.0 Å². The minimum Gasteiger partial charge on any atom is -0.496 e. The summed E-state index contributed by atoms with van der Waals surface area (Å²) < 4.78 is 14.9. The summed E-state index contributed by atoms with van der Waals surface area (Å²) in [5.41, 5.74) is 0.760. The van der Waals surface area contributed by atoms with Gasteiger partial charge in [-0.2, -0.15) is 0 Å². The van der Waals surface area contributed by atoms with E-state index in [2.05, 4.69) is 4.74 Å². The number of hydrogen-bond donors (Lipinski definition) is 0. The molecule has 0 bridgehead atoms. The van der Waals surface area contributed by atoms with Crippen molar-refractivity contribution in [1.29, 1.82) is 0 Å². The summed E-state index contributed by atoms with van der Waals surface area (Å²) in [4.78, 5) is 23.4. The third kappa shape index (κ3) is 2.88. The van der Waals surface area contributed by atoms with Crippen LogP contribution in [0.25, 0.3) is 0 Å². The molecule has 5 heteroatoms. The highest BCUT2D eigenvalue weighted by atomic mass is 16.5. The van der Waals surface area contributed by atoms with Crippen LogP contribution in [0, 0.1) is 0 Å². The summed E-state index contributed by atoms with van der Waals surface area (Å²) in [5.74, 6) is -0.0706. The molecule has 0 N–H and O–H groups in total. The number of carbonyl (C=O) groups is 2. The summed E-state index contributed by atoms with van der Waals surface area (Å²) in [6, 6.07) is 10.1. The summed E-state index contributed by atoms with van der Waals surface area (Å²) in [6.07, 6.45) is 0.137. The second kappa shape index (κ2) is 6.06. The fraction of sp³-hybridized carbons (Fsp3) is 0.200. The van der Waals surface area contributed by atoms with E-state index < -0.39 is 5.97 Å². The number of benzene rings is 1. The monoisotopic (exact) mass is 274 g/mol. The molecule has 0 unspecified atom stereocenters. The van der Waals surface area contributed by atoms with Crippen molar-refractivity contribution in [3.63, 3.8) is 0 Å². The minimum atomic E-state index is -0.610. The number of methoxy groups -OCH3 is 2. The Kier molecular flexibility index (Phi) is 4.20. The molecule has 0 aliphatic heterocycles. The third-order valence-electron chi connectivity index (χ3n) is 2.81. The van der Waals surface area contributed by atoms with Gasteiger partial charge >= 0.3 is 5.97 Å². The number of ether oxygens (including phenoxy) is 2. The van der Waals surface area contributed by atoms with Crippen molar-refractivity contribution in [2.75, 3.05) is 14.2 Å². The average molecular weight is 274 g/mol. The molecule has 0 saturated carbocycles. The molecular weight excluding hydrogens is 260 g/mol. The van der Waals surface area contributed by atoms with Gasteiger partial charge in [-0.05, 0) is 18.2 Å². The molecule has 104 valence electrons. The van der Waals surface area contributed by atoms with E-state index in [1.807, 2.05) is 12.1 Å². The average Bonchev–Trinajstić information content (AvgIpc) is 2.97. The predicted octanol–water partition coefficient (Wildman–Crippen LogP) is 2.50. The molecule has 1 aromatic carbocycles. The first-order valence-corrected chi connectivity index (χ1v) is 5.99. The summed E-state index contributed by atoms with van der Waals surface area (Å²) in [6.45, 7) is 0. The number of esters is 1. The Balaban J connectivity index is 2.16. The first-order chi connectivity index (χ1) is 9.65. The van der Waals surface area contributed by atoms with Crippen LogP contribution in [0.15, 0.2) is 40.8 Å². The molecule has 1 aromatic heterocycles. The normalized spacial score (nSPS) is 10.1. The molecule has 0 atom stereocenters. The van der Waals surface area contributed by atoms with E-state index in [9.17, 15) is 9.59 Å². The standard InChI is InChI=1S/C15H14O5/c1-18-12-6-4-3-5-10(12)9-11(16)13-7-8-14(20-13)15(17)19-2/h3-8H,9H2,1-2H3. The van der Waals surface area contributed by atoms with E-state index in [1.165, 1.54) is 19.2 Å². The van der Waals surface area contributed by atoms with Gasteiger partial charge in [0.25, 0.3) is 0 Å². The van der Waals surface area contributed by atoms with Crippen molar-refractivity contribution in [2.24, 2.45) is 0 Å². The van der Waals surface area contributed by atoms with E-state index in [0.29, 0.717) is 5.75 Å². The van der Waals surface area contributed by atoms with Crippen LogP contribution < -0.4 is 4.74 Å². The molecule has 0 saturated heterocycles. The smallest absolute Gasteiger partial charge is 0.373 e. The number of hydrogen-bond acceptors (Lipinski definition) is 5. The summed E-state index contributed by atoms with van der Waals surface area (Å²) in [7, 11) is 2.80. The molecule has 0 spiro atoms. The van der Waals surface area contributed by atoms with Crippen molar-refractivity contribution in [3.8, 4) is 5.75 Å². The molecule has 2 aromatic rings. The number of para-hydroxylation sites is 1. The quantitative estimate of drug-likeness (QED) is 0.619. The van der Waals surface area contributed by atoms with Crippen LogP contribution in [0.1, 0.15) is 26.7 Å². The Bertz CT molecular complexity index is 627. The maximum Gasteiger partial charge on any atom is 0.373 e. The lowest BCUT2D eigenvalue weighted by Gasteiger charge is -2.06. The minimum absolute atomic E-state index is 0.0101. The van der Waals surface area contributed by atoms with E-state index in [0.717, 1.165) is 5.56 Å². The second-order valence-corrected chi connectivity index (χ2v) is 4.07. The summed E-state index contributed by atoms with van der Waals surface area (Å²) >= 11 is 0. The number of ketones is 1. The zero-order valence-electron chi connectivity index (χ0n) is 11.2. The van der Waals surface area contributed by atoms with Crippen LogP contribution >= 0.6 is 0 Å². The number of furan rings is 1. The fourth-order valence-electron chi connectivity index (χ4n) is 1.81. The highest BCUT2D eigenvalue weighted by Crippen LogP contribution is 2.20. The van der Waals surface area contributed by atoms with Gasteiger partial charge < -0.3 is 13.9 Å². The lowest BCUT2D eigenvalue weighted by molar-refractivity contribution is 0.0563. The molecule has 0 fully saturated rings. The van der Waals surface area contributed by atoms with Crippen molar-refractivity contribution < 1.29 is 23.5 Å². The zero-order chi connectivity index (χ0) is 14.5. The lowest BCUT2D eigenvalue weighted by Crippen LogP contribution is -2.04. The van der Waals surface area contributed by atoms with Crippen molar-refractivity contribution in [2.45, 2.75) is 6.42 Å². The first-order valence-electron chi connectivity index (χ1n) is 5.99. The van der Waals surface area contributed by atoms with Crippen molar-refractivity contribution in [1.82, 2.24) is 0 Å². The maximum atomic E-state index is 12.1. The largest absolute Gasteiger partial charge is 0.496 e. The Morgan fingerprint density at radius 2 is 1.75 bits per heavy atom.